The highest BCUT2D eigenvalue weighted by Crippen LogP contribution is 2.36. The lowest BCUT2D eigenvalue weighted by atomic mass is 9.91. The van der Waals surface area contributed by atoms with E-state index < -0.39 is 12.0 Å². The van der Waals surface area contributed by atoms with E-state index in [2.05, 4.69) is 20.8 Å². The fourth-order valence-electron chi connectivity index (χ4n) is 2.73. The van der Waals surface area contributed by atoms with Gasteiger partial charge in [0, 0.05) is 5.70 Å². The fourth-order valence-corrected chi connectivity index (χ4v) is 2.73. The number of benzene rings is 1. The van der Waals surface area contributed by atoms with Crippen LogP contribution >= 0.6 is 0 Å². The number of rotatable bonds is 2. The Balaban J connectivity index is 2.25. The summed E-state index contributed by atoms with van der Waals surface area (Å²) in [4.78, 5) is 12.3. The minimum Gasteiger partial charge on any atom is -0.466 e. The number of methoxy groups -OCH3 is 1. The van der Waals surface area contributed by atoms with Crippen molar-refractivity contribution in [1.82, 2.24) is 20.2 Å². The van der Waals surface area contributed by atoms with Crippen LogP contribution in [-0.2, 0) is 9.53 Å². The van der Waals surface area contributed by atoms with Crippen LogP contribution in [0.25, 0.3) is 0 Å². The average Bonchev–Trinajstić information content (AvgIpc) is 2.95. The molecule has 1 atom stereocenters. The number of anilines is 1. The molecule has 22 heavy (non-hydrogen) atoms. The average molecular weight is 299 g/mol. The number of carbonyl (C=O) groups is 1. The van der Waals surface area contributed by atoms with Crippen molar-refractivity contribution in [3.8, 4) is 0 Å². The molecule has 0 radical (unpaired) electrons. The lowest BCUT2D eigenvalue weighted by Gasteiger charge is -2.28. The van der Waals surface area contributed by atoms with E-state index in [9.17, 15) is 4.79 Å². The summed E-state index contributed by atoms with van der Waals surface area (Å²) in [5.41, 5.74) is 4.36. The van der Waals surface area contributed by atoms with E-state index in [0.29, 0.717) is 17.2 Å². The first kappa shape index (κ1) is 14.2. The summed E-state index contributed by atoms with van der Waals surface area (Å²) in [7, 11) is 1.37. The number of nitrogens with zero attached hydrogens (tertiary/aromatic N) is 4. The molecule has 1 aromatic carbocycles. The number of hydrogen-bond donors (Lipinski definition) is 1. The van der Waals surface area contributed by atoms with E-state index in [0.717, 1.165) is 16.7 Å². The maximum absolute atomic E-state index is 12.3. The number of allylic oxidation sites excluding steroid dienone is 1. The van der Waals surface area contributed by atoms with Crippen molar-refractivity contribution in [2.24, 2.45) is 0 Å². The molecule has 0 spiro atoms. The molecule has 0 fully saturated rings. The first-order valence-electron chi connectivity index (χ1n) is 6.94. The predicted octanol–water partition coefficient (Wildman–Crippen LogP) is 1.75. The van der Waals surface area contributed by atoms with Crippen LogP contribution in [0.3, 0.4) is 0 Å². The number of hydrogen-bond acceptors (Lipinski definition) is 6. The van der Waals surface area contributed by atoms with Gasteiger partial charge in [0.15, 0.2) is 0 Å². The Hall–Kier alpha value is -2.70. The summed E-state index contributed by atoms with van der Waals surface area (Å²) < 4.78 is 6.57. The monoisotopic (exact) mass is 299 g/mol. The Morgan fingerprint density at radius 3 is 2.82 bits per heavy atom. The van der Waals surface area contributed by atoms with Crippen LogP contribution in [0.5, 0.6) is 0 Å². The van der Waals surface area contributed by atoms with E-state index in [4.69, 9.17) is 4.74 Å². The van der Waals surface area contributed by atoms with Crippen LogP contribution in [0.4, 0.5) is 5.95 Å². The van der Waals surface area contributed by atoms with Crippen molar-refractivity contribution < 1.29 is 9.53 Å². The molecule has 7 heteroatoms. The van der Waals surface area contributed by atoms with E-state index >= 15 is 0 Å². The van der Waals surface area contributed by atoms with E-state index in [1.807, 2.05) is 39.0 Å². The van der Waals surface area contributed by atoms with Crippen molar-refractivity contribution in [3.63, 3.8) is 0 Å². The van der Waals surface area contributed by atoms with Gasteiger partial charge in [-0.25, -0.2) is 4.79 Å². The lowest BCUT2D eigenvalue weighted by molar-refractivity contribution is -0.136. The van der Waals surface area contributed by atoms with Crippen molar-refractivity contribution in [1.29, 1.82) is 0 Å². The molecule has 0 unspecified atom stereocenters. The van der Waals surface area contributed by atoms with Gasteiger partial charge in [0.05, 0.1) is 12.7 Å². The SMILES string of the molecule is COC(=O)C1=C(C)Nc2nnnn2[C@@H]1c1cc(C)ccc1C. The predicted molar refractivity (Wildman–Crippen MR) is 80.2 cm³/mol. The largest absolute Gasteiger partial charge is 0.466 e. The summed E-state index contributed by atoms with van der Waals surface area (Å²) >= 11 is 0. The fraction of sp³-hybridized carbons (Fsp3) is 0.333. The highest BCUT2D eigenvalue weighted by molar-refractivity contribution is 5.92. The molecule has 2 heterocycles. The van der Waals surface area contributed by atoms with Crippen LogP contribution < -0.4 is 5.32 Å². The first-order chi connectivity index (χ1) is 10.5. The van der Waals surface area contributed by atoms with Gasteiger partial charge in [-0.15, -0.1) is 0 Å². The molecule has 0 saturated carbocycles. The van der Waals surface area contributed by atoms with Crippen LogP contribution in [-0.4, -0.2) is 33.3 Å². The maximum Gasteiger partial charge on any atom is 0.338 e. The molecule has 0 amide bonds. The summed E-state index contributed by atoms with van der Waals surface area (Å²) in [6.45, 7) is 5.84. The summed E-state index contributed by atoms with van der Waals surface area (Å²) in [5.74, 6) is 0.119. The summed E-state index contributed by atoms with van der Waals surface area (Å²) in [6, 6.07) is 5.71. The van der Waals surface area contributed by atoms with Gasteiger partial charge < -0.3 is 10.1 Å². The van der Waals surface area contributed by atoms with Gasteiger partial charge in [0.2, 0.25) is 5.95 Å². The Labute approximate surface area is 128 Å². The third-order valence-corrected chi connectivity index (χ3v) is 3.85. The van der Waals surface area contributed by atoms with Gasteiger partial charge in [-0.1, -0.05) is 28.9 Å². The van der Waals surface area contributed by atoms with Gasteiger partial charge in [-0.3, -0.25) is 0 Å². The molecular formula is C15H17N5O2. The second kappa shape index (κ2) is 5.25. The molecule has 3 rings (SSSR count). The smallest absolute Gasteiger partial charge is 0.338 e. The van der Waals surface area contributed by atoms with Crippen molar-refractivity contribution >= 4 is 11.9 Å². The molecule has 114 valence electrons. The molecule has 1 aliphatic rings. The number of nitrogens with one attached hydrogen (secondary N) is 1. The molecule has 0 aliphatic carbocycles. The second-order valence-corrected chi connectivity index (χ2v) is 5.36. The van der Waals surface area contributed by atoms with Crippen LogP contribution in [0.2, 0.25) is 0 Å². The Morgan fingerprint density at radius 1 is 1.32 bits per heavy atom. The van der Waals surface area contributed by atoms with Crippen molar-refractivity contribution in [3.05, 3.63) is 46.2 Å². The van der Waals surface area contributed by atoms with E-state index in [1.54, 1.807) is 4.68 Å². The van der Waals surface area contributed by atoms with Gasteiger partial charge in [-0.2, -0.15) is 4.68 Å². The van der Waals surface area contributed by atoms with Crippen LogP contribution in [0, 0.1) is 13.8 Å². The quantitative estimate of drug-likeness (QED) is 0.851. The van der Waals surface area contributed by atoms with Crippen molar-refractivity contribution in [2.75, 3.05) is 12.4 Å². The summed E-state index contributed by atoms with van der Waals surface area (Å²) in [5, 5.41) is 14.7. The topological polar surface area (TPSA) is 81.9 Å². The molecule has 0 saturated heterocycles. The minimum atomic E-state index is -0.404. The molecular weight excluding hydrogens is 282 g/mol. The third-order valence-electron chi connectivity index (χ3n) is 3.85. The number of fused-ring (bicyclic) bond motifs is 1. The Kier molecular flexibility index (Phi) is 3.40. The van der Waals surface area contributed by atoms with E-state index in [-0.39, 0.29) is 0 Å². The standard InChI is InChI=1S/C15H17N5O2/c1-8-5-6-9(2)11(7-8)13-12(14(21)22-4)10(3)16-15-17-18-19-20(13)15/h5-7,13H,1-4H3,(H,16,17,19)/t13-/m1/s1. The summed E-state index contributed by atoms with van der Waals surface area (Å²) in [6.07, 6.45) is 0. The Morgan fingerprint density at radius 2 is 2.09 bits per heavy atom. The minimum absolute atomic E-state index is 0.392. The van der Waals surface area contributed by atoms with E-state index in [1.165, 1.54) is 7.11 Å². The van der Waals surface area contributed by atoms with Gasteiger partial charge >= 0.3 is 5.97 Å². The molecule has 1 aromatic heterocycles. The Bertz CT molecular complexity index is 778. The van der Waals surface area contributed by atoms with Crippen LogP contribution in [0.1, 0.15) is 29.7 Å². The number of aryl methyl sites for hydroxylation is 2. The molecule has 7 nitrogen and oxygen atoms in total. The normalized spacial score (nSPS) is 17.0. The number of carbonyl (C=O) groups excluding carboxylic acids is 1. The molecule has 1 N–H and O–H groups in total. The number of tetrazole rings is 1. The lowest BCUT2D eigenvalue weighted by Crippen LogP contribution is -2.29. The highest BCUT2D eigenvalue weighted by Gasteiger charge is 2.35. The zero-order chi connectivity index (χ0) is 15.9. The van der Waals surface area contributed by atoms with Gasteiger partial charge in [0.25, 0.3) is 0 Å². The van der Waals surface area contributed by atoms with Gasteiger partial charge in [0.1, 0.15) is 6.04 Å². The molecule has 1 aliphatic heterocycles. The zero-order valence-electron chi connectivity index (χ0n) is 12.9. The number of esters is 1. The number of ether oxygens (including phenoxy) is 1. The molecule has 2 aromatic rings. The molecule has 0 bridgehead atoms. The van der Waals surface area contributed by atoms with Gasteiger partial charge in [-0.05, 0) is 42.3 Å². The highest BCUT2D eigenvalue weighted by atomic mass is 16.5. The maximum atomic E-state index is 12.3. The number of aromatic nitrogens is 4. The first-order valence-corrected chi connectivity index (χ1v) is 6.94. The third kappa shape index (κ3) is 2.14. The zero-order valence-corrected chi connectivity index (χ0v) is 12.9. The van der Waals surface area contributed by atoms with Crippen LogP contribution in [0.15, 0.2) is 29.5 Å². The second-order valence-electron chi connectivity index (χ2n) is 5.36. The van der Waals surface area contributed by atoms with Crippen molar-refractivity contribution in [2.45, 2.75) is 26.8 Å².